The van der Waals surface area contributed by atoms with Crippen molar-refractivity contribution in [1.82, 2.24) is 16.2 Å². The van der Waals surface area contributed by atoms with E-state index in [1.165, 1.54) is 6.07 Å². The first kappa shape index (κ1) is 18.8. The summed E-state index contributed by atoms with van der Waals surface area (Å²) < 4.78 is 0.621. The van der Waals surface area contributed by atoms with Crippen molar-refractivity contribution < 1.29 is 14.7 Å². The molecule has 3 aromatic rings. The lowest BCUT2D eigenvalue weighted by molar-refractivity contribution is 0.0932. The fourth-order valence-electron chi connectivity index (χ4n) is 2.44. The number of phenols is 1. The summed E-state index contributed by atoms with van der Waals surface area (Å²) in [6.07, 6.45) is 0. The summed E-state index contributed by atoms with van der Waals surface area (Å²) in [7, 11) is 0. The molecule has 0 aliphatic heterocycles. The number of halogens is 1. The molecule has 0 spiro atoms. The van der Waals surface area contributed by atoms with Gasteiger partial charge in [0.1, 0.15) is 5.75 Å². The first-order valence-electron chi connectivity index (χ1n) is 7.83. The van der Waals surface area contributed by atoms with Crippen LogP contribution in [0.3, 0.4) is 0 Å². The van der Waals surface area contributed by atoms with Gasteiger partial charge in [0.2, 0.25) is 0 Å². The lowest BCUT2D eigenvalue weighted by Gasteiger charge is -2.12. The number of rotatable bonds is 2. The van der Waals surface area contributed by atoms with Gasteiger partial charge >= 0.3 is 0 Å². The molecular formula is C19H14BrN3O3S. The predicted octanol–water partition coefficient (Wildman–Crippen LogP) is 3.26. The Morgan fingerprint density at radius 1 is 0.852 bits per heavy atom. The number of fused-ring (bicyclic) bond motifs is 1. The van der Waals surface area contributed by atoms with E-state index in [9.17, 15) is 14.7 Å². The molecule has 0 bridgehead atoms. The number of carbonyl (C=O) groups is 2. The van der Waals surface area contributed by atoms with Crippen molar-refractivity contribution in [3.63, 3.8) is 0 Å². The molecule has 0 saturated heterocycles. The second-order valence-electron chi connectivity index (χ2n) is 5.56. The SMILES string of the molecule is O=C(NNC(=S)NC(=O)c1ccccc1Br)c1cc2ccccc2cc1O. The number of hydrogen-bond acceptors (Lipinski definition) is 4. The largest absolute Gasteiger partial charge is 0.507 e. The molecule has 4 N–H and O–H groups in total. The third-order valence-corrected chi connectivity index (χ3v) is 4.64. The van der Waals surface area contributed by atoms with Gasteiger partial charge in [0.25, 0.3) is 11.8 Å². The maximum absolute atomic E-state index is 12.3. The fourth-order valence-corrected chi connectivity index (χ4v) is 3.05. The van der Waals surface area contributed by atoms with E-state index in [4.69, 9.17) is 12.2 Å². The molecule has 27 heavy (non-hydrogen) atoms. The minimum Gasteiger partial charge on any atom is -0.507 e. The lowest BCUT2D eigenvalue weighted by atomic mass is 10.1. The molecule has 0 unspecified atom stereocenters. The molecule has 6 nitrogen and oxygen atoms in total. The quantitative estimate of drug-likeness (QED) is 0.360. The van der Waals surface area contributed by atoms with Gasteiger partial charge in [-0.1, -0.05) is 36.4 Å². The molecule has 8 heteroatoms. The van der Waals surface area contributed by atoms with Crippen molar-refractivity contribution in [1.29, 1.82) is 0 Å². The van der Waals surface area contributed by atoms with Crippen molar-refractivity contribution in [2.75, 3.05) is 0 Å². The Hall–Kier alpha value is -2.97. The number of amides is 2. The van der Waals surface area contributed by atoms with Crippen molar-refractivity contribution in [2.24, 2.45) is 0 Å². The van der Waals surface area contributed by atoms with Crippen LogP contribution < -0.4 is 16.2 Å². The van der Waals surface area contributed by atoms with E-state index in [1.54, 1.807) is 30.3 Å². The van der Waals surface area contributed by atoms with Gasteiger partial charge in [0.15, 0.2) is 5.11 Å². The maximum Gasteiger partial charge on any atom is 0.273 e. The third-order valence-electron chi connectivity index (χ3n) is 3.74. The number of carbonyl (C=O) groups excluding carboxylic acids is 2. The molecular weight excluding hydrogens is 430 g/mol. The highest BCUT2D eigenvalue weighted by atomic mass is 79.9. The van der Waals surface area contributed by atoms with Crippen LogP contribution in [0.4, 0.5) is 0 Å². The van der Waals surface area contributed by atoms with Crippen LogP contribution in [0.25, 0.3) is 10.8 Å². The van der Waals surface area contributed by atoms with E-state index in [-0.39, 0.29) is 16.4 Å². The summed E-state index contributed by atoms with van der Waals surface area (Å²) in [5.41, 5.74) is 5.30. The number of nitrogens with one attached hydrogen (secondary N) is 3. The van der Waals surface area contributed by atoms with Gasteiger partial charge in [-0.2, -0.15) is 0 Å². The van der Waals surface area contributed by atoms with Crippen LogP contribution in [-0.4, -0.2) is 22.0 Å². The highest BCUT2D eigenvalue weighted by molar-refractivity contribution is 9.10. The van der Waals surface area contributed by atoms with Crippen molar-refractivity contribution in [3.05, 3.63) is 76.3 Å². The van der Waals surface area contributed by atoms with Crippen molar-refractivity contribution in [2.45, 2.75) is 0 Å². The molecule has 136 valence electrons. The zero-order valence-corrected chi connectivity index (χ0v) is 16.2. The minimum atomic E-state index is -0.587. The van der Waals surface area contributed by atoms with E-state index in [0.29, 0.717) is 10.0 Å². The molecule has 0 aliphatic rings. The monoisotopic (exact) mass is 443 g/mol. The summed E-state index contributed by atoms with van der Waals surface area (Å²) in [6, 6.07) is 17.3. The fraction of sp³-hybridized carbons (Fsp3) is 0. The molecule has 3 rings (SSSR count). The molecule has 0 aliphatic carbocycles. The van der Waals surface area contributed by atoms with Crippen LogP contribution in [-0.2, 0) is 0 Å². The highest BCUT2D eigenvalue weighted by Crippen LogP contribution is 2.24. The van der Waals surface area contributed by atoms with E-state index in [2.05, 4.69) is 32.1 Å². The average molecular weight is 444 g/mol. The number of thiocarbonyl (C=S) groups is 1. The Bertz CT molecular complexity index is 1060. The Balaban J connectivity index is 1.64. The summed E-state index contributed by atoms with van der Waals surface area (Å²) in [6.45, 7) is 0. The van der Waals surface area contributed by atoms with Crippen LogP contribution in [0.15, 0.2) is 65.1 Å². The average Bonchev–Trinajstić information content (AvgIpc) is 2.65. The van der Waals surface area contributed by atoms with Crippen molar-refractivity contribution >= 4 is 55.8 Å². The normalized spacial score (nSPS) is 10.3. The smallest absolute Gasteiger partial charge is 0.273 e. The molecule has 2 amide bonds. The van der Waals surface area contributed by atoms with E-state index in [1.807, 2.05) is 24.3 Å². The Morgan fingerprint density at radius 3 is 2.19 bits per heavy atom. The first-order valence-corrected chi connectivity index (χ1v) is 9.04. The number of benzene rings is 3. The zero-order valence-electron chi connectivity index (χ0n) is 13.8. The lowest BCUT2D eigenvalue weighted by Crippen LogP contribution is -2.48. The second-order valence-corrected chi connectivity index (χ2v) is 6.82. The Morgan fingerprint density at radius 2 is 1.48 bits per heavy atom. The van der Waals surface area contributed by atoms with Crippen LogP contribution in [0.2, 0.25) is 0 Å². The van der Waals surface area contributed by atoms with Gasteiger partial charge in [-0.25, -0.2) is 0 Å². The van der Waals surface area contributed by atoms with E-state index in [0.717, 1.165) is 10.8 Å². The number of aromatic hydroxyl groups is 1. The van der Waals surface area contributed by atoms with Crippen LogP contribution >= 0.6 is 28.1 Å². The van der Waals surface area contributed by atoms with Gasteiger partial charge in [0, 0.05) is 4.47 Å². The zero-order chi connectivity index (χ0) is 19.4. The van der Waals surface area contributed by atoms with E-state index >= 15 is 0 Å². The van der Waals surface area contributed by atoms with Gasteiger partial charge in [-0.05, 0) is 63.2 Å². The molecule has 3 aromatic carbocycles. The molecule has 0 saturated carbocycles. The maximum atomic E-state index is 12.3. The van der Waals surface area contributed by atoms with Crippen LogP contribution in [0.5, 0.6) is 5.75 Å². The van der Waals surface area contributed by atoms with Crippen molar-refractivity contribution in [3.8, 4) is 5.75 Å². The van der Waals surface area contributed by atoms with Crippen LogP contribution in [0, 0.1) is 0 Å². The topological polar surface area (TPSA) is 90.5 Å². The minimum absolute atomic E-state index is 0.0793. The molecule has 0 radical (unpaired) electrons. The van der Waals surface area contributed by atoms with Gasteiger partial charge < -0.3 is 5.11 Å². The number of phenolic OH excluding ortho intramolecular Hbond substituents is 1. The van der Waals surface area contributed by atoms with E-state index < -0.39 is 11.8 Å². The number of hydrogen-bond donors (Lipinski definition) is 4. The van der Waals surface area contributed by atoms with Gasteiger partial charge in [0.05, 0.1) is 11.1 Å². The Kier molecular flexibility index (Phi) is 5.68. The van der Waals surface area contributed by atoms with Gasteiger partial charge in [-0.3, -0.25) is 25.8 Å². The molecule has 0 fully saturated rings. The highest BCUT2D eigenvalue weighted by Gasteiger charge is 2.14. The summed E-state index contributed by atoms with van der Waals surface area (Å²) in [5.74, 6) is -1.17. The second kappa shape index (κ2) is 8.15. The predicted molar refractivity (Wildman–Crippen MR) is 110 cm³/mol. The summed E-state index contributed by atoms with van der Waals surface area (Å²) >= 11 is 8.30. The first-order chi connectivity index (χ1) is 13.0. The summed E-state index contributed by atoms with van der Waals surface area (Å²) in [4.78, 5) is 24.5. The molecule has 0 atom stereocenters. The number of hydrazine groups is 1. The van der Waals surface area contributed by atoms with Gasteiger partial charge in [-0.15, -0.1) is 0 Å². The summed E-state index contributed by atoms with van der Waals surface area (Å²) in [5, 5.41) is 14.1. The standard InChI is InChI=1S/C19H14BrN3O3S/c20-15-8-4-3-7-13(15)17(25)21-19(27)23-22-18(26)14-9-11-5-1-2-6-12(11)10-16(14)24/h1-10,24H,(H,22,26)(H2,21,23,25,27). The molecule has 0 aromatic heterocycles. The third kappa shape index (κ3) is 4.42. The molecule has 0 heterocycles. The Labute approximate surface area is 168 Å². The van der Waals surface area contributed by atoms with Crippen LogP contribution in [0.1, 0.15) is 20.7 Å².